The van der Waals surface area contributed by atoms with Crippen molar-refractivity contribution in [2.45, 2.75) is 65.3 Å². The van der Waals surface area contributed by atoms with Crippen molar-refractivity contribution in [3.05, 3.63) is 70.5 Å². The highest BCUT2D eigenvalue weighted by Gasteiger charge is 2.29. The number of aromatic nitrogens is 1. The van der Waals surface area contributed by atoms with Crippen LogP contribution >= 0.6 is 0 Å². The van der Waals surface area contributed by atoms with Crippen molar-refractivity contribution in [1.82, 2.24) is 5.16 Å². The molecule has 0 radical (unpaired) electrons. The average Bonchev–Trinajstić information content (AvgIpc) is 3.09. The van der Waals surface area contributed by atoms with Crippen LogP contribution in [0.1, 0.15) is 75.6 Å². The van der Waals surface area contributed by atoms with Gasteiger partial charge in [-0.2, -0.15) is 0 Å². The summed E-state index contributed by atoms with van der Waals surface area (Å²) in [6, 6.07) is 14.5. The summed E-state index contributed by atoms with van der Waals surface area (Å²) in [6.45, 7) is 14.7. The van der Waals surface area contributed by atoms with Crippen molar-refractivity contribution in [2.75, 3.05) is 24.3 Å². The largest absolute Gasteiger partial charge is 0.507 e. The molecule has 0 bridgehead atoms. The Kier molecular flexibility index (Phi) is 6.32. The summed E-state index contributed by atoms with van der Waals surface area (Å²) in [7, 11) is 4.07. The van der Waals surface area contributed by atoms with Crippen LogP contribution in [-0.2, 0) is 10.8 Å². The Morgan fingerprint density at radius 1 is 0.875 bits per heavy atom. The van der Waals surface area contributed by atoms with Crippen LogP contribution in [0, 0.1) is 6.92 Å². The normalized spacial score (nSPS) is 13.2. The number of phenolic OH excluding ortho intramolecular Hbond substituents is 1. The first-order valence-electron chi connectivity index (χ1n) is 11.1. The molecule has 5 heteroatoms. The van der Waals surface area contributed by atoms with Gasteiger partial charge in [0.2, 0.25) is 0 Å². The highest BCUT2D eigenvalue weighted by atomic mass is 16.5. The van der Waals surface area contributed by atoms with E-state index in [-0.39, 0.29) is 16.9 Å². The molecular weight excluding hydrogens is 398 g/mol. The van der Waals surface area contributed by atoms with Gasteiger partial charge in [-0.3, -0.25) is 0 Å². The number of anilines is 2. The van der Waals surface area contributed by atoms with Gasteiger partial charge >= 0.3 is 0 Å². The molecule has 172 valence electrons. The summed E-state index contributed by atoms with van der Waals surface area (Å²) in [5.74, 6) is 1.82. The van der Waals surface area contributed by atoms with E-state index in [1.54, 1.807) is 0 Å². The van der Waals surface area contributed by atoms with Crippen molar-refractivity contribution >= 4 is 11.5 Å². The molecule has 5 nitrogen and oxygen atoms in total. The molecule has 0 aliphatic carbocycles. The van der Waals surface area contributed by atoms with E-state index in [4.69, 9.17) is 4.52 Å². The van der Waals surface area contributed by atoms with Gasteiger partial charge in [-0.25, -0.2) is 0 Å². The third-order valence-electron chi connectivity index (χ3n) is 5.74. The van der Waals surface area contributed by atoms with Crippen LogP contribution in [-0.4, -0.2) is 24.4 Å². The number of aryl methyl sites for hydroxylation is 1. The van der Waals surface area contributed by atoms with E-state index >= 15 is 0 Å². The number of hydrogen-bond donors (Lipinski definition) is 2. The molecule has 0 saturated carbocycles. The van der Waals surface area contributed by atoms with Gasteiger partial charge in [-0.05, 0) is 64.3 Å². The topological polar surface area (TPSA) is 61.5 Å². The lowest BCUT2D eigenvalue weighted by molar-refractivity contribution is 0.399. The molecule has 2 N–H and O–H groups in total. The standard InChI is InChI=1S/C27H37N3O2/c1-17-14-23(29-32-17)28-24(18-10-12-20(13-11-18)30(8)9)19-15-21(26(2,3)4)25(31)22(16-19)27(5,6)7/h10-16,24,31H,1-9H3,(H,28,29). The molecule has 1 heterocycles. The van der Waals surface area contributed by atoms with Gasteiger partial charge in [0.25, 0.3) is 0 Å². The van der Waals surface area contributed by atoms with Crippen LogP contribution in [0.25, 0.3) is 0 Å². The quantitative estimate of drug-likeness (QED) is 0.476. The van der Waals surface area contributed by atoms with Crippen LogP contribution in [0.4, 0.5) is 11.5 Å². The summed E-state index contributed by atoms with van der Waals surface area (Å²) in [5.41, 5.74) is 4.80. The highest BCUT2D eigenvalue weighted by Crippen LogP contribution is 2.42. The number of nitrogens with one attached hydrogen (secondary N) is 1. The maximum absolute atomic E-state index is 11.2. The Hall–Kier alpha value is -2.95. The molecule has 1 aromatic heterocycles. The zero-order valence-corrected chi connectivity index (χ0v) is 20.9. The van der Waals surface area contributed by atoms with Gasteiger partial charge < -0.3 is 19.8 Å². The zero-order valence-electron chi connectivity index (χ0n) is 20.9. The van der Waals surface area contributed by atoms with Crippen LogP contribution in [0.3, 0.4) is 0 Å². The fourth-order valence-corrected chi connectivity index (χ4v) is 3.87. The number of nitrogens with zero attached hydrogens (tertiary/aromatic N) is 2. The molecule has 3 rings (SSSR count). The monoisotopic (exact) mass is 435 g/mol. The van der Waals surface area contributed by atoms with Crippen LogP contribution in [0.2, 0.25) is 0 Å². The SMILES string of the molecule is Cc1cc(NC(c2ccc(N(C)C)cc2)c2cc(C(C)(C)C)c(O)c(C(C)(C)C)c2)no1. The zero-order chi connectivity index (χ0) is 23.8. The first kappa shape index (κ1) is 23.7. The maximum Gasteiger partial charge on any atom is 0.170 e. The van der Waals surface area contributed by atoms with Crippen molar-refractivity contribution < 1.29 is 9.63 Å². The van der Waals surface area contributed by atoms with E-state index in [1.807, 2.05) is 27.1 Å². The molecule has 2 aromatic carbocycles. The Balaban J connectivity index is 2.21. The van der Waals surface area contributed by atoms with Gasteiger partial charge in [0.1, 0.15) is 11.5 Å². The predicted molar refractivity (Wildman–Crippen MR) is 133 cm³/mol. The second kappa shape index (κ2) is 8.53. The summed E-state index contributed by atoms with van der Waals surface area (Å²) in [6.07, 6.45) is 0. The van der Waals surface area contributed by atoms with Crippen molar-refractivity contribution in [1.29, 1.82) is 0 Å². The molecule has 0 spiro atoms. The lowest BCUT2D eigenvalue weighted by Crippen LogP contribution is -2.20. The van der Waals surface area contributed by atoms with Crippen LogP contribution in [0.5, 0.6) is 5.75 Å². The van der Waals surface area contributed by atoms with E-state index in [1.165, 1.54) is 0 Å². The third kappa shape index (κ3) is 5.09. The fraction of sp³-hybridized carbons (Fsp3) is 0.444. The minimum atomic E-state index is -0.204. The first-order valence-corrected chi connectivity index (χ1v) is 11.1. The van der Waals surface area contributed by atoms with E-state index < -0.39 is 0 Å². The molecule has 0 fully saturated rings. The lowest BCUT2D eigenvalue weighted by Gasteiger charge is -2.30. The minimum absolute atomic E-state index is 0.154. The fourth-order valence-electron chi connectivity index (χ4n) is 3.87. The number of benzene rings is 2. The number of phenols is 1. The third-order valence-corrected chi connectivity index (χ3v) is 5.74. The molecule has 0 aliphatic rings. The summed E-state index contributed by atoms with van der Waals surface area (Å²) in [5, 5.41) is 18.9. The molecule has 0 amide bonds. The van der Waals surface area contributed by atoms with E-state index in [0.717, 1.165) is 33.7 Å². The molecule has 0 saturated heterocycles. The Morgan fingerprint density at radius 3 is 1.81 bits per heavy atom. The van der Waals surface area contributed by atoms with Gasteiger partial charge in [-0.1, -0.05) is 58.8 Å². The molecule has 0 aliphatic heterocycles. The second-order valence-electron chi connectivity index (χ2n) is 10.9. The van der Waals surface area contributed by atoms with E-state index in [9.17, 15) is 5.11 Å². The molecule has 1 unspecified atom stereocenters. The minimum Gasteiger partial charge on any atom is -0.507 e. The molecule has 32 heavy (non-hydrogen) atoms. The number of aromatic hydroxyl groups is 1. The molecule has 1 atom stereocenters. The summed E-state index contributed by atoms with van der Waals surface area (Å²) < 4.78 is 5.30. The van der Waals surface area contributed by atoms with Crippen molar-refractivity contribution in [3.8, 4) is 5.75 Å². The average molecular weight is 436 g/mol. The van der Waals surface area contributed by atoms with Gasteiger partial charge in [0.15, 0.2) is 5.82 Å². The molecule has 3 aromatic rings. The van der Waals surface area contributed by atoms with E-state index in [2.05, 4.69) is 93.3 Å². The molecular formula is C27H37N3O2. The summed E-state index contributed by atoms with van der Waals surface area (Å²) >= 11 is 0. The lowest BCUT2D eigenvalue weighted by atomic mass is 9.77. The smallest absolute Gasteiger partial charge is 0.170 e. The van der Waals surface area contributed by atoms with E-state index in [0.29, 0.717) is 11.6 Å². The summed E-state index contributed by atoms with van der Waals surface area (Å²) in [4.78, 5) is 2.09. The predicted octanol–water partition coefficient (Wildman–Crippen LogP) is 6.55. The maximum atomic E-state index is 11.2. The Bertz CT molecular complexity index is 1030. The Labute approximate surface area is 192 Å². The van der Waals surface area contributed by atoms with Crippen molar-refractivity contribution in [3.63, 3.8) is 0 Å². The highest BCUT2D eigenvalue weighted by molar-refractivity contribution is 5.55. The number of rotatable bonds is 5. The van der Waals surface area contributed by atoms with Gasteiger partial charge in [0, 0.05) is 25.8 Å². The van der Waals surface area contributed by atoms with Gasteiger partial charge in [-0.15, -0.1) is 0 Å². The Morgan fingerprint density at radius 2 is 1.41 bits per heavy atom. The second-order valence-corrected chi connectivity index (χ2v) is 10.9. The van der Waals surface area contributed by atoms with Crippen molar-refractivity contribution in [2.24, 2.45) is 0 Å². The first-order chi connectivity index (χ1) is 14.8. The van der Waals surface area contributed by atoms with Gasteiger partial charge in [0.05, 0.1) is 6.04 Å². The number of hydrogen-bond acceptors (Lipinski definition) is 5. The van der Waals surface area contributed by atoms with Crippen LogP contribution < -0.4 is 10.2 Å². The van der Waals surface area contributed by atoms with Crippen LogP contribution in [0.15, 0.2) is 47.0 Å².